The Labute approximate surface area is 131 Å². The lowest BCUT2D eigenvalue weighted by Gasteiger charge is -2.21. The molecule has 1 fully saturated rings. The van der Waals surface area contributed by atoms with Crippen molar-refractivity contribution >= 4 is 23.4 Å². The van der Waals surface area contributed by atoms with Gasteiger partial charge in [0.05, 0.1) is 0 Å². The standard InChI is InChI=1S/C14H15ClFN3OS/c15-12-6-10(16)2-1-9(12)5-13-18-14(20-19-13)7-11-8-21-4-3-17-11/h1-2,6,11,17H,3-5,7-8H2. The molecule has 1 atom stereocenters. The summed E-state index contributed by atoms with van der Waals surface area (Å²) in [4.78, 5) is 4.38. The van der Waals surface area contributed by atoms with Crippen molar-refractivity contribution in [3.05, 3.63) is 46.3 Å². The fourth-order valence-corrected chi connectivity index (χ4v) is 3.42. The third-order valence-electron chi connectivity index (χ3n) is 3.29. The van der Waals surface area contributed by atoms with E-state index in [2.05, 4.69) is 15.5 Å². The molecule has 7 heteroatoms. The normalized spacial score (nSPS) is 18.9. The van der Waals surface area contributed by atoms with Gasteiger partial charge < -0.3 is 9.84 Å². The van der Waals surface area contributed by atoms with Crippen molar-refractivity contribution in [1.29, 1.82) is 0 Å². The first-order valence-corrected chi connectivity index (χ1v) is 8.30. The van der Waals surface area contributed by atoms with Crippen molar-refractivity contribution in [2.45, 2.75) is 18.9 Å². The lowest BCUT2D eigenvalue weighted by Crippen LogP contribution is -2.38. The summed E-state index contributed by atoms with van der Waals surface area (Å²) in [6.07, 6.45) is 1.17. The van der Waals surface area contributed by atoms with Crippen LogP contribution in [0.2, 0.25) is 5.02 Å². The van der Waals surface area contributed by atoms with Crippen LogP contribution >= 0.6 is 23.4 Å². The van der Waals surface area contributed by atoms with Crippen LogP contribution in [0.4, 0.5) is 4.39 Å². The average Bonchev–Trinajstić information content (AvgIpc) is 2.90. The second kappa shape index (κ2) is 6.77. The van der Waals surface area contributed by atoms with E-state index >= 15 is 0 Å². The Morgan fingerprint density at radius 1 is 1.48 bits per heavy atom. The van der Waals surface area contributed by atoms with Crippen LogP contribution in [0.15, 0.2) is 22.7 Å². The van der Waals surface area contributed by atoms with Gasteiger partial charge in [-0.1, -0.05) is 22.8 Å². The van der Waals surface area contributed by atoms with Gasteiger partial charge in [0.1, 0.15) is 5.82 Å². The third kappa shape index (κ3) is 3.96. The van der Waals surface area contributed by atoms with E-state index < -0.39 is 0 Å². The predicted molar refractivity (Wildman–Crippen MR) is 81.3 cm³/mol. The number of nitrogens with zero attached hydrogens (tertiary/aromatic N) is 2. The number of thioether (sulfide) groups is 1. The molecule has 1 aromatic carbocycles. The van der Waals surface area contributed by atoms with Crippen molar-refractivity contribution in [2.75, 3.05) is 18.1 Å². The number of aromatic nitrogens is 2. The summed E-state index contributed by atoms with van der Waals surface area (Å²) < 4.78 is 18.3. The molecule has 0 amide bonds. The highest BCUT2D eigenvalue weighted by Crippen LogP contribution is 2.20. The molecule has 0 aliphatic carbocycles. The van der Waals surface area contributed by atoms with Gasteiger partial charge in [-0.25, -0.2) is 4.39 Å². The van der Waals surface area contributed by atoms with Crippen molar-refractivity contribution in [2.24, 2.45) is 0 Å². The zero-order chi connectivity index (χ0) is 14.7. The summed E-state index contributed by atoms with van der Waals surface area (Å²) in [5, 5.41) is 7.78. The van der Waals surface area contributed by atoms with E-state index in [0.29, 0.717) is 29.2 Å². The fraction of sp³-hybridized carbons (Fsp3) is 0.429. The number of nitrogens with one attached hydrogen (secondary N) is 1. The van der Waals surface area contributed by atoms with Crippen LogP contribution in [-0.2, 0) is 12.8 Å². The van der Waals surface area contributed by atoms with Gasteiger partial charge in [-0.2, -0.15) is 16.7 Å². The van der Waals surface area contributed by atoms with Crippen LogP contribution in [0.5, 0.6) is 0 Å². The van der Waals surface area contributed by atoms with Crippen LogP contribution < -0.4 is 5.32 Å². The van der Waals surface area contributed by atoms with Gasteiger partial charge in [0.25, 0.3) is 0 Å². The maximum Gasteiger partial charge on any atom is 0.228 e. The molecule has 1 N–H and O–H groups in total. The summed E-state index contributed by atoms with van der Waals surface area (Å²) in [7, 11) is 0. The molecule has 0 radical (unpaired) electrons. The minimum absolute atomic E-state index is 0.349. The van der Waals surface area contributed by atoms with Gasteiger partial charge in [0, 0.05) is 42.0 Å². The lowest BCUT2D eigenvalue weighted by atomic mass is 10.1. The van der Waals surface area contributed by atoms with Crippen molar-refractivity contribution in [1.82, 2.24) is 15.5 Å². The first-order valence-electron chi connectivity index (χ1n) is 6.77. The minimum atomic E-state index is -0.349. The van der Waals surface area contributed by atoms with E-state index in [1.807, 2.05) is 11.8 Å². The maximum atomic E-state index is 13.0. The van der Waals surface area contributed by atoms with Crippen molar-refractivity contribution < 1.29 is 8.91 Å². The van der Waals surface area contributed by atoms with Crippen molar-refractivity contribution in [3.63, 3.8) is 0 Å². The average molecular weight is 328 g/mol. The molecule has 2 heterocycles. The Hall–Kier alpha value is -1.11. The fourth-order valence-electron chi connectivity index (χ4n) is 2.24. The molecular formula is C14H15ClFN3OS. The molecule has 2 aromatic rings. The van der Waals surface area contributed by atoms with E-state index in [4.69, 9.17) is 16.1 Å². The van der Waals surface area contributed by atoms with Crippen LogP contribution in [-0.4, -0.2) is 34.2 Å². The third-order valence-corrected chi connectivity index (χ3v) is 4.78. The highest BCUT2D eigenvalue weighted by atomic mass is 35.5. The Bertz CT molecular complexity index is 616. The minimum Gasteiger partial charge on any atom is -0.339 e. The monoisotopic (exact) mass is 327 g/mol. The Balaban J connectivity index is 1.64. The molecule has 112 valence electrons. The molecule has 0 saturated carbocycles. The molecule has 0 bridgehead atoms. The van der Waals surface area contributed by atoms with Crippen LogP contribution in [0.25, 0.3) is 0 Å². The Morgan fingerprint density at radius 3 is 3.14 bits per heavy atom. The van der Waals surface area contributed by atoms with E-state index in [0.717, 1.165) is 30.0 Å². The number of rotatable bonds is 4. The molecule has 1 saturated heterocycles. The van der Waals surface area contributed by atoms with Crippen molar-refractivity contribution in [3.8, 4) is 0 Å². The number of hydrogen-bond acceptors (Lipinski definition) is 5. The smallest absolute Gasteiger partial charge is 0.228 e. The molecule has 0 spiro atoms. The van der Waals surface area contributed by atoms with Crippen LogP contribution in [0, 0.1) is 5.82 Å². The molecular weight excluding hydrogens is 313 g/mol. The van der Waals surface area contributed by atoms with Crippen LogP contribution in [0.3, 0.4) is 0 Å². The summed E-state index contributed by atoms with van der Waals surface area (Å²) in [5.74, 6) is 3.06. The predicted octanol–water partition coefficient (Wildman–Crippen LogP) is 2.70. The first-order chi connectivity index (χ1) is 10.2. The number of halogens is 2. The van der Waals surface area contributed by atoms with Gasteiger partial charge in [-0.3, -0.25) is 0 Å². The van der Waals surface area contributed by atoms with E-state index in [-0.39, 0.29) is 5.82 Å². The maximum absolute atomic E-state index is 13.0. The summed E-state index contributed by atoms with van der Waals surface area (Å²) in [6.45, 7) is 1.02. The molecule has 4 nitrogen and oxygen atoms in total. The Kier molecular flexibility index (Phi) is 4.77. The highest BCUT2D eigenvalue weighted by molar-refractivity contribution is 7.99. The van der Waals surface area contributed by atoms with E-state index in [9.17, 15) is 4.39 Å². The van der Waals surface area contributed by atoms with Gasteiger partial charge in [-0.05, 0) is 17.7 Å². The molecule has 3 rings (SSSR count). The van der Waals surface area contributed by atoms with Crippen LogP contribution in [0.1, 0.15) is 17.3 Å². The molecule has 1 aromatic heterocycles. The summed E-state index contributed by atoms with van der Waals surface area (Å²) in [5.41, 5.74) is 0.789. The second-order valence-electron chi connectivity index (χ2n) is 4.95. The van der Waals surface area contributed by atoms with Gasteiger partial charge >= 0.3 is 0 Å². The number of hydrogen-bond donors (Lipinski definition) is 1. The summed E-state index contributed by atoms with van der Waals surface area (Å²) in [6, 6.07) is 4.70. The topological polar surface area (TPSA) is 51.0 Å². The SMILES string of the molecule is Fc1ccc(Cc2noc(CC3CSCCN3)n2)c(Cl)c1. The molecule has 1 aliphatic rings. The first kappa shape index (κ1) is 14.8. The highest BCUT2D eigenvalue weighted by Gasteiger charge is 2.17. The largest absolute Gasteiger partial charge is 0.339 e. The van der Waals surface area contributed by atoms with E-state index in [1.54, 1.807) is 6.07 Å². The molecule has 1 unspecified atom stereocenters. The van der Waals surface area contributed by atoms with Gasteiger partial charge in [-0.15, -0.1) is 0 Å². The lowest BCUT2D eigenvalue weighted by molar-refractivity contribution is 0.359. The number of benzene rings is 1. The second-order valence-corrected chi connectivity index (χ2v) is 6.50. The van der Waals surface area contributed by atoms with Gasteiger partial charge in [0.2, 0.25) is 5.89 Å². The quantitative estimate of drug-likeness (QED) is 0.935. The summed E-state index contributed by atoms with van der Waals surface area (Å²) >= 11 is 7.93. The molecule has 1 aliphatic heterocycles. The van der Waals surface area contributed by atoms with Gasteiger partial charge in [0.15, 0.2) is 5.82 Å². The Morgan fingerprint density at radius 2 is 2.38 bits per heavy atom. The van der Waals surface area contributed by atoms with E-state index in [1.165, 1.54) is 12.1 Å². The zero-order valence-electron chi connectivity index (χ0n) is 11.3. The zero-order valence-corrected chi connectivity index (χ0v) is 12.9. The molecule has 21 heavy (non-hydrogen) atoms.